The summed E-state index contributed by atoms with van der Waals surface area (Å²) in [6, 6.07) is 15.9. The van der Waals surface area contributed by atoms with E-state index < -0.39 is 0 Å². The average molecular weight is 422 g/mol. The molecule has 30 heavy (non-hydrogen) atoms. The van der Waals surface area contributed by atoms with Gasteiger partial charge in [0, 0.05) is 31.1 Å². The maximum atomic E-state index is 13.3. The van der Waals surface area contributed by atoms with Gasteiger partial charge in [-0.2, -0.15) is 0 Å². The predicted octanol–water partition coefficient (Wildman–Crippen LogP) is 3.64. The SMILES string of the molecule is CCN1CCN(C(=O)CN2C(=O)C(=Cc3ccc(C)cc3)Sc3ccccc32)CC1. The van der Waals surface area contributed by atoms with Gasteiger partial charge in [-0.3, -0.25) is 14.5 Å². The summed E-state index contributed by atoms with van der Waals surface area (Å²) in [5.41, 5.74) is 2.98. The van der Waals surface area contributed by atoms with Crippen LogP contribution in [0.5, 0.6) is 0 Å². The fourth-order valence-electron chi connectivity index (χ4n) is 3.78. The summed E-state index contributed by atoms with van der Waals surface area (Å²) in [7, 11) is 0. The summed E-state index contributed by atoms with van der Waals surface area (Å²) in [6.45, 7) is 8.48. The Morgan fingerprint density at radius 1 is 1.03 bits per heavy atom. The molecule has 0 radical (unpaired) electrons. The third-order valence-electron chi connectivity index (χ3n) is 5.67. The molecule has 2 aromatic rings. The van der Waals surface area contributed by atoms with Gasteiger partial charge in [0.05, 0.1) is 10.6 Å². The molecule has 1 fully saturated rings. The molecule has 0 bridgehead atoms. The Bertz CT molecular complexity index is 963. The largest absolute Gasteiger partial charge is 0.339 e. The van der Waals surface area contributed by atoms with Gasteiger partial charge in [0.1, 0.15) is 6.54 Å². The van der Waals surface area contributed by atoms with Crippen molar-refractivity contribution < 1.29 is 9.59 Å². The quantitative estimate of drug-likeness (QED) is 0.707. The molecule has 1 saturated heterocycles. The van der Waals surface area contributed by atoms with E-state index in [-0.39, 0.29) is 18.4 Å². The van der Waals surface area contributed by atoms with Crippen LogP contribution in [0.25, 0.3) is 6.08 Å². The smallest absolute Gasteiger partial charge is 0.265 e. The molecule has 5 nitrogen and oxygen atoms in total. The highest BCUT2D eigenvalue weighted by Gasteiger charge is 2.32. The monoisotopic (exact) mass is 421 g/mol. The number of fused-ring (bicyclic) bond motifs is 1. The molecule has 2 aliphatic heterocycles. The number of rotatable bonds is 4. The van der Waals surface area contributed by atoms with Crippen LogP contribution in [0.2, 0.25) is 0 Å². The molecule has 2 aromatic carbocycles. The van der Waals surface area contributed by atoms with Crippen molar-refractivity contribution in [1.29, 1.82) is 0 Å². The van der Waals surface area contributed by atoms with Crippen molar-refractivity contribution in [2.45, 2.75) is 18.7 Å². The molecule has 6 heteroatoms. The summed E-state index contributed by atoms with van der Waals surface area (Å²) in [5.74, 6) is -0.102. The summed E-state index contributed by atoms with van der Waals surface area (Å²) >= 11 is 1.47. The number of nitrogens with zero attached hydrogens (tertiary/aromatic N) is 3. The summed E-state index contributed by atoms with van der Waals surface area (Å²) in [6.07, 6.45) is 1.92. The van der Waals surface area contributed by atoms with Gasteiger partial charge in [-0.25, -0.2) is 0 Å². The first-order chi connectivity index (χ1) is 14.5. The minimum Gasteiger partial charge on any atom is -0.339 e. The number of carbonyl (C=O) groups excluding carboxylic acids is 2. The second-order valence-electron chi connectivity index (χ2n) is 7.70. The Morgan fingerprint density at radius 2 is 1.73 bits per heavy atom. The Hall–Kier alpha value is -2.57. The van der Waals surface area contributed by atoms with Crippen molar-refractivity contribution >= 4 is 35.3 Å². The lowest BCUT2D eigenvalue weighted by Gasteiger charge is -2.36. The van der Waals surface area contributed by atoms with Crippen LogP contribution in [0, 0.1) is 6.92 Å². The standard InChI is InChI=1S/C24H27N3O2S/c1-3-25-12-14-26(15-13-25)23(28)17-27-20-6-4-5-7-21(20)30-22(24(27)29)16-19-10-8-18(2)9-11-19/h4-11,16H,3,12-15,17H2,1-2H3. The normalized spacial score (nSPS) is 18.6. The van der Waals surface area contributed by atoms with Crippen molar-refractivity contribution in [2.24, 2.45) is 0 Å². The van der Waals surface area contributed by atoms with Crippen molar-refractivity contribution in [3.63, 3.8) is 0 Å². The van der Waals surface area contributed by atoms with E-state index in [0.29, 0.717) is 4.91 Å². The van der Waals surface area contributed by atoms with E-state index in [1.807, 2.05) is 66.4 Å². The van der Waals surface area contributed by atoms with E-state index in [9.17, 15) is 9.59 Å². The highest BCUT2D eigenvalue weighted by Crippen LogP contribution is 2.42. The van der Waals surface area contributed by atoms with Crippen LogP contribution in [0.3, 0.4) is 0 Å². The summed E-state index contributed by atoms with van der Waals surface area (Å²) in [5, 5.41) is 0. The lowest BCUT2D eigenvalue weighted by atomic mass is 10.1. The Balaban J connectivity index is 1.57. The highest BCUT2D eigenvalue weighted by atomic mass is 32.2. The molecule has 2 heterocycles. The maximum absolute atomic E-state index is 13.3. The minimum absolute atomic E-state index is 0.00971. The molecule has 156 valence electrons. The number of likely N-dealkylation sites (N-methyl/N-ethyl adjacent to an activating group) is 1. The molecule has 2 aliphatic rings. The van der Waals surface area contributed by atoms with E-state index in [1.165, 1.54) is 17.3 Å². The van der Waals surface area contributed by atoms with Crippen molar-refractivity contribution in [3.8, 4) is 0 Å². The van der Waals surface area contributed by atoms with Gasteiger partial charge in [0.2, 0.25) is 5.91 Å². The van der Waals surface area contributed by atoms with Crippen LogP contribution >= 0.6 is 11.8 Å². The van der Waals surface area contributed by atoms with Gasteiger partial charge < -0.3 is 9.80 Å². The molecule has 4 rings (SSSR count). The zero-order valence-electron chi connectivity index (χ0n) is 17.5. The van der Waals surface area contributed by atoms with Gasteiger partial charge in [-0.1, -0.05) is 60.6 Å². The van der Waals surface area contributed by atoms with E-state index >= 15 is 0 Å². The molecule has 0 unspecified atom stereocenters. The fourth-order valence-corrected chi connectivity index (χ4v) is 4.84. The Labute approximate surface area is 182 Å². The van der Waals surface area contributed by atoms with Gasteiger partial charge in [0.25, 0.3) is 5.91 Å². The Kier molecular flexibility index (Phi) is 6.25. The fraction of sp³-hybridized carbons (Fsp3) is 0.333. The van der Waals surface area contributed by atoms with Crippen LogP contribution in [0.15, 0.2) is 58.3 Å². The predicted molar refractivity (Wildman–Crippen MR) is 123 cm³/mol. The molecule has 0 spiro atoms. The molecule has 2 amide bonds. The zero-order valence-corrected chi connectivity index (χ0v) is 18.3. The maximum Gasteiger partial charge on any atom is 0.265 e. The summed E-state index contributed by atoms with van der Waals surface area (Å²) in [4.78, 5) is 33.8. The van der Waals surface area contributed by atoms with Crippen LogP contribution in [0.4, 0.5) is 5.69 Å². The molecular weight excluding hydrogens is 394 g/mol. The molecule has 0 atom stereocenters. The minimum atomic E-state index is -0.111. The first kappa shape index (κ1) is 20.7. The summed E-state index contributed by atoms with van der Waals surface area (Å²) < 4.78 is 0. The van der Waals surface area contributed by atoms with Gasteiger partial charge in [0.15, 0.2) is 0 Å². The number of hydrogen-bond donors (Lipinski definition) is 0. The van der Waals surface area contributed by atoms with Crippen LogP contribution in [0.1, 0.15) is 18.1 Å². The number of piperazine rings is 1. The second kappa shape index (κ2) is 9.06. The molecule has 0 aromatic heterocycles. The van der Waals surface area contributed by atoms with Gasteiger partial charge >= 0.3 is 0 Å². The average Bonchev–Trinajstić information content (AvgIpc) is 2.78. The number of aryl methyl sites for hydroxylation is 1. The van der Waals surface area contributed by atoms with E-state index in [0.717, 1.165) is 48.9 Å². The number of amides is 2. The van der Waals surface area contributed by atoms with Crippen LogP contribution < -0.4 is 4.90 Å². The number of carbonyl (C=O) groups is 2. The first-order valence-corrected chi connectivity index (χ1v) is 11.2. The van der Waals surface area contributed by atoms with Crippen molar-refractivity contribution in [2.75, 3.05) is 44.2 Å². The topological polar surface area (TPSA) is 43.9 Å². The van der Waals surface area contributed by atoms with Crippen molar-refractivity contribution in [3.05, 3.63) is 64.6 Å². The third-order valence-corrected chi connectivity index (χ3v) is 6.75. The highest BCUT2D eigenvalue weighted by molar-refractivity contribution is 8.04. The van der Waals surface area contributed by atoms with E-state index in [4.69, 9.17) is 0 Å². The van der Waals surface area contributed by atoms with Gasteiger partial charge in [-0.15, -0.1) is 0 Å². The molecular formula is C24H27N3O2S. The molecule has 0 saturated carbocycles. The first-order valence-electron chi connectivity index (χ1n) is 10.4. The van der Waals surface area contributed by atoms with Crippen LogP contribution in [-0.2, 0) is 9.59 Å². The zero-order chi connectivity index (χ0) is 21.1. The number of benzene rings is 2. The lowest BCUT2D eigenvalue weighted by Crippen LogP contribution is -2.52. The number of anilines is 1. The second-order valence-corrected chi connectivity index (χ2v) is 8.78. The molecule has 0 aliphatic carbocycles. The number of para-hydroxylation sites is 1. The van der Waals surface area contributed by atoms with Crippen LogP contribution in [-0.4, -0.2) is 60.9 Å². The van der Waals surface area contributed by atoms with Crippen molar-refractivity contribution in [1.82, 2.24) is 9.80 Å². The number of thioether (sulfide) groups is 1. The van der Waals surface area contributed by atoms with Gasteiger partial charge in [-0.05, 0) is 37.2 Å². The Morgan fingerprint density at radius 3 is 2.43 bits per heavy atom. The third kappa shape index (κ3) is 4.45. The number of hydrogen-bond acceptors (Lipinski definition) is 4. The lowest BCUT2D eigenvalue weighted by molar-refractivity contribution is -0.132. The van der Waals surface area contributed by atoms with E-state index in [2.05, 4.69) is 11.8 Å². The molecule has 0 N–H and O–H groups in total. The van der Waals surface area contributed by atoms with E-state index in [1.54, 1.807) is 4.90 Å².